The first-order valence-corrected chi connectivity index (χ1v) is 15.6. The van der Waals surface area contributed by atoms with Crippen molar-refractivity contribution in [2.45, 2.75) is 35.9 Å². The number of phenols is 12. The van der Waals surface area contributed by atoms with Gasteiger partial charge in [-0.2, -0.15) is 0 Å². The Morgan fingerprint density at radius 1 is 0.453 bits per heavy atom. The minimum absolute atomic E-state index is 0.162. The largest absolute Gasteiger partial charge is 0.508 e. The summed E-state index contributed by atoms with van der Waals surface area (Å²) in [7, 11) is 0. The number of benzene rings is 5. The van der Waals surface area contributed by atoms with Gasteiger partial charge in [0.25, 0.3) is 0 Å². The predicted octanol–water partition coefficient (Wildman–Crippen LogP) is 2.91. The quantitative estimate of drug-likeness (QED) is 0.119. The Bertz CT molecular complexity index is 2320. The van der Waals surface area contributed by atoms with Gasteiger partial charge < -0.3 is 85.7 Å². The monoisotopic (exact) mass is 732 g/mol. The van der Waals surface area contributed by atoms with Gasteiger partial charge in [0.1, 0.15) is 64.0 Å². The summed E-state index contributed by atoms with van der Waals surface area (Å²) in [4.78, 5) is 0. The molecule has 14 N–H and O–H groups in total. The molecule has 0 saturated carbocycles. The fourth-order valence-electron chi connectivity index (χ4n) is 7.54. The second-order valence-corrected chi connectivity index (χ2v) is 12.9. The average molecular weight is 733 g/mol. The molecule has 5 aromatic rings. The summed E-state index contributed by atoms with van der Waals surface area (Å²) in [5.41, 5.74) is -1.57. The summed E-state index contributed by atoms with van der Waals surface area (Å²) in [5, 5.41) is 151. The molecule has 0 radical (unpaired) electrons. The normalized spacial score (nSPS) is 23.8. The summed E-state index contributed by atoms with van der Waals surface area (Å²) < 4.78 is 18.7. The highest BCUT2D eigenvalue weighted by atomic mass is 16.7. The topological polar surface area (TPSA) is 311 Å². The van der Waals surface area contributed by atoms with Crippen molar-refractivity contribution in [1.29, 1.82) is 0 Å². The van der Waals surface area contributed by atoms with Crippen LogP contribution in [0.2, 0.25) is 0 Å². The third kappa shape index (κ3) is 4.57. The van der Waals surface area contributed by atoms with E-state index in [0.29, 0.717) is 0 Å². The van der Waals surface area contributed by atoms with E-state index in [9.17, 15) is 71.5 Å². The zero-order valence-corrected chi connectivity index (χ0v) is 26.6. The molecule has 3 heterocycles. The zero-order valence-electron chi connectivity index (χ0n) is 26.6. The van der Waals surface area contributed by atoms with Crippen molar-refractivity contribution in [2.24, 2.45) is 0 Å². The summed E-state index contributed by atoms with van der Waals surface area (Å²) in [6, 6.07) is 8.40. The first kappa shape index (κ1) is 33.2. The molecule has 0 aromatic heterocycles. The van der Waals surface area contributed by atoms with Gasteiger partial charge in [0.15, 0.2) is 40.6 Å². The maximum atomic E-state index is 12.2. The van der Waals surface area contributed by atoms with Gasteiger partial charge in [0, 0.05) is 63.7 Å². The Kier molecular flexibility index (Phi) is 6.89. The van der Waals surface area contributed by atoms with Gasteiger partial charge in [-0.15, -0.1) is 0 Å². The molecule has 17 heteroatoms. The lowest BCUT2D eigenvalue weighted by Gasteiger charge is -2.51. The third-order valence-electron chi connectivity index (χ3n) is 9.79. The highest BCUT2D eigenvalue weighted by molar-refractivity contribution is 5.71. The van der Waals surface area contributed by atoms with E-state index in [2.05, 4.69) is 0 Å². The molecule has 274 valence electrons. The summed E-state index contributed by atoms with van der Waals surface area (Å²) in [6.45, 7) is 0. The summed E-state index contributed by atoms with van der Waals surface area (Å²) in [6.07, 6.45) is -5.56. The molecular weight excluding hydrogens is 704 g/mol. The molecule has 8 rings (SSSR count). The number of hydrogen-bond acceptors (Lipinski definition) is 17. The lowest BCUT2D eigenvalue weighted by atomic mass is 9.72. The van der Waals surface area contributed by atoms with Crippen molar-refractivity contribution >= 4 is 0 Å². The van der Waals surface area contributed by atoms with Crippen LogP contribution in [0.15, 0.2) is 54.6 Å². The SMILES string of the molecule is Oc1cc(O)c([C@H]2c3c(O)cc4c(c3O[C@H](c3cc(O)c(O)c(O)c3)[C@@H]2O)[C@H]2c3c(O)cc(O)cc3O[C@@](c3cc(O)c(O)c(O)c3)(O4)[C@@H]2O)c(O)c1. The van der Waals surface area contributed by atoms with Crippen LogP contribution >= 0.6 is 0 Å². The van der Waals surface area contributed by atoms with Crippen LogP contribution in [0.25, 0.3) is 0 Å². The van der Waals surface area contributed by atoms with Crippen molar-refractivity contribution in [3.8, 4) is 86.2 Å². The lowest BCUT2D eigenvalue weighted by Crippen LogP contribution is -2.57. The highest BCUT2D eigenvalue weighted by Gasteiger charge is 2.61. The van der Waals surface area contributed by atoms with Gasteiger partial charge in [-0.25, -0.2) is 0 Å². The van der Waals surface area contributed by atoms with E-state index < -0.39 is 116 Å². The maximum Gasteiger partial charge on any atom is 0.305 e. The van der Waals surface area contributed by atoms with Crippen LogP contribution < -0.4 is 14.2 Å². The maximum absolute atomic E-state index is 12.2. The molecule has 0 unspecified atom stereocenters. The molecule has 0 fully saturated rings. The smallest absolute Gasteiger partial charge is 0.305 e. The Labute approximate surface area is 295 Å². The molecule has 2 bridgehead atoms. The van der Waals surface area contributed by atoms with Crippen LogP contribution in [-0.4, -0.2) is 83.7 Å². The summed E-state index contributed by atoms with van der Waals surface area (Å²) >= 11 is 0. The molecule has 6 atom stereocenters. The molecule has 5 aromatic carbocycles. The van der Waals surface area contributed by atoms with Crippen LogP contribution in [-0.2, 0) is 5.79 Å². The molecular formula is C36H28O17. The number of aliphatic hydroxyl groups is 2. The van der Waals surface area contributed by atoms with Crippen LogP contribution in [0, 0.1) is 0 Å². The van der Waals surface area contributed by atoms with Gasteiger partial charge >= 0.3 is 5.79 Å². The Balaban J connectivity index is 1.46. The number of phenolic OH excluding ortho intramolecular Hbond substituents is 12. The number of ether oxygens (including phenoxy) is 3. The standard InChI is InChI=1S/C36H28O17/c37-12-5-14(39)24(15(40)6-12)28-26-17(42)9-23-27(34(26)51-33(32(28)49)10-1-18(43)30(47)19(44)2-10)29-25-16(41)7-13(38)8-22(25)52-36(53-23,35(29)50)11-3-20(45)31(48)21(46)4-11/h1-9,28-29,32-33,35,37-50H/t28-,29+,32+,33+,35+,36-/m0/s1. The minimum atomic E-state index is -2.46. The molecule has 0 spiro atoms. The van der Waals surface area contributed by atoms with Crippen LogP contribution in [0.1, 0.15) is 51.3 Å². The number of fused-ring (bicyclic) bond motifs is 8. The molecule has 0 aliphatic carbocycles. The number of rotatable bonds is 3. The fourth-order valence-corrected chi connectivity index (χ4v) is 7.54. The van der Waals surface area contributed by atoms with E-state index >= 15 is 0 Å². The zero-order chi connectivity index (χ0) is 38.0. The average Bonchev–Trinajstić information content (AvgIpc) is 3.06. The van der Waals surface area contributed by atoms with Crippen molar-refractivity contribution in [2.75, 3.05) is 0 Å². The fraction of sp³-hybridized carbons (Fsp3) is 0.167. The van der Waals surface area contributed by atoms with Crippen molar-refractivity contribution in [3.63, 3.8) is 0 Å². The van der Waals surface area contributed by atoms with Gasteiger partial charge in [0.05, 0.1) is 11.8 Å². The molecule has 17 nitrogen and oxygen atoms in total. The minimum Gasteiger partial charge on any atom is -0.508 e. The molecule has 3 aliphatic rings. The van der Waals surface area contributed by atoms with Crippen molar-refractivity contribution in [3.05, 3.63) is 88.0 Å². The summed E-state index contributed by atoms with van der Waals surface area (Å²) in [5.74, 6) is -15.8. The van der Waals surface area contributed by atoms with E-state index in [1.807, 2.05) is 0 Å². The van der Waals surface area contributed by atoms with E-state index in [-0.39, 0.29) is 39.3 Å². The van der Waals surface area contributed by atoms with Crippen LogP contribution in [0.3, 0.4) is 0 Å². The predicted molar refractivity (Wildman–Crippen MR) is 174 cm³/mol. The van der Waals surface area contributed by atoms with Gasteiger partial charge in [-0.3, -0.25) is 0 Å². The Hall–Kier alpha value is -6.98. The molecule has 53 heavy (non-hydrogen) atoms. The lowest BCUT2D eigenvalue weighted by molar-refractivity contribution is -0.219. The van der Waals surface area contributed by atoms with Crippen LogP contribution in [0.5, 0.6) is 86.2 Å². The molecule has 3 aliphatic heterocycles. The Morgan fingerprint density at radius 3 is 1.49 bits per heavy atom. The van der Waals surface area contributed by atoms with Gasteiger partial charge in [-0.05, 0) is 24.3 Å². The third-order valence-corrected chi connectivity index (χ3v) is 9.79. The second-order valence-electron chi connectivity index (χ2n) is 12.9. The van der Waals surface area contributed by atoms with Gasteiger partial charge in [0.2, 0.25) is 0 Å². The van der Waals surface area contributed by atoms with Crippen LogP contribution in [0.4, 0.5) is 0 Å². The van der Waals surface area contributed by atoms with Crippen molar-refractivity contribution < 1.29 is 85.7 Å². The first-order valence-electron chi connectivity index (χ1n) is 15.6. The van der Waals surface area contributed by atoms with E-state index in [1.165, 1.54) is 0 Å². The van der Waals surface area contributed by atoms with Crippen molar-refractivity contribution in [1.82, 2.24) is 0 Å². The molecule has 0 saturated heterocycles. The first-order chi connectivity index (χ1) is 25.0. The number of aliphatic hydroxyl groups excluding tert-OH is 2. The van der Waals surface area contributed by atoms with E-state index in [4.69, 9.17) is 14.2 Å². The highest BCUT2D eigenvalue weighted by Crippen LogP contribution is 2.65. The van der Waals surface area contributed by atoms with E-state index in [1.54, 1.807) is 0 Å². The van der Waals surface area contributed by atoms with Gasteiger partial charge in [-0.1, -0.05) is 0 Å². The Morgan fingerprint density at radius 2 is 0.925 bits per heavy atom. The number of hydrogen-bond donors (Lipinski definition) is 14. The molecule has 0 amide bonds. The van der Waals surface area contributed by atoms with E-state index in [0.717, 1.165) is 54.6 Å². The second kappa shape index (κ2) is 11.0. The number of aromatic hydroxyl groups is 12.